The van der Waals surface area contributed by atoms with Crippen LogP contribution in [0, 0.1) is 10.5 Å². The minimum absolute atomic E-state index is 0.365. The van der Waals surface area contributed by atoms with Crippen LogP contribution in [-0.2, 0) is 0 Å². The Labute approximate surface area is 120 Å². The normalized spacial score (nSPS) is 12.7. The number of benzene rings is 1. The Bertz CT molecular complexity index is 540. The first-order valence-corrected chi connectivity index (χ1v) is 6.98. The molecule has 18 heavy (non-hydrogen) atoms. The van der Waals surface area contributed by atoms with Crippen LogP contribution in [0.4, 0.5) is 0 Å². The summed E-state index contributed by atoms with van der Waals surface area (Å²) in [5.41, 5.74) is 2.08. The molecule has 1 atom stereocenters. The molecule has 0 aliphatic rings. The molecule has 1 heterocycles. The molecule has 0 saturated carbocycles. The van der Waals surface area contributed by atoms with Gasteiger partial charge in [0.25, 0.3) is 5.89 Å². The summed E-state index contributed by atoms with van der Waals surface area (Å²) in [6.07, 6.45) is 0.881. The third kappa shape index (κ3) is 2.72. The molecule has 2 rings (SSSR count). The first kappa shape index (κ1) is 13.5. The topological polar surface area (TPSA) is 59.2 Å². The van der Waals surface area contributed by atoms with Gasteiger partial charge in [-0.05, 0) is 47.6 Å². The SMILES string of the molecule is CCCC(O)c1noc(-c2cccc(C)c2I)n1. The number of aromatic nitrogens is 2. The van der Waals surface area contributed by atoms with Crippen molar-refractivity contribution in [2.24, 2.45) is 0 Å². The smallest absolute Gasteiger partial charge is 0.259 e. The molecule has 1 aromatic carbocycles. The fourth-order valence-electron chi connectivity index (χ4n) is 1.69. The van der Waals surface area contributed by atoms with Crippen molar-refractivity contribution in [3.05, 3.63) is 33.2 Å². The molecular weight excluding hydrogens is 343 g/mol. The van der Waals surface area contributed by atoms with Crippen molar-refractivity contribution < 1.29 is 9.63 Å². The summed E-state index contributed by atoms with van der Waals surface area (Å²) in [5.74, 6) is 0.831. The van der Waals surface area contributed by atoms with Gasteiger partial charge in [0, 0.05) is 3.57 Å². The summed E-state index contributed by atoms with van der Waals surface area (Å²) in [6, 6.07) is 5.94. The van der Waals surface area contributed by atoms with Crippen LogP contribution >= 0.6 is 22.6 Å². The number of rotatable bonds is 4. The second kappa shape index (κ2) is 5.79. The van der Waals surface area contributed by atoms with E-state index >= 15 is 0 Å². The Morgan fingerprint density at radius 2 is 2.22 bits per heavy atom. The van der Waals surface area contributed by atoms with Crippen LogP contribution in [0.2, 0.25) is 0 Å². The average molecular weight is 358 g/mol. The van der Waals surface area contributed by atoms with Gasteiger partial charge in [0.1, 0.15) is 6.10 Å². The van der Waals surface area contributed by atoms with Gasteiger partial charge in [-0.1, -0.05) is 30.6 Å². The lowest BCUT2D eigenvalue weighted by Gasteiger charge is -2.02. The zero-order chi connectivity index (χ0) is 13.1. The van der Waals surface area contributed by atoms with Crippen molar-refractivity contribution in [1.82, 2.24) is 10.1 Å². The van der Waals surface area contributed by atoms with Crippen LogP contribution in [-0.4, -0.2) is 15.2 Å². The van der Waals surface area contributed by atoms with Crippen molar-refractivity contribution in [3.8, 4) is 11.5 Å². The van der Waals surface area contributed by atoms with Crippen molar-refractivity contribution in [2.45, 2.75) is 32.8 Å². The van der Waals surface area contributed by atoms with Crippen molar-refractivity contribution >= 4 is 22.6 Å². The molecule has 4 nitrogen and oxygen atoms in total. The molecule has 0 bridgehead atoms. The van der Waals surface area contributed by atoms with E-state index in [0.29, 0.717) is 18.1 Å². The average Bonchev–Trinajstić information content (AvgIpc) is 2.82. The Morgan fingerprint density at radius 1 is 1.44 bits per heavy atom. The molecule has 0 spiro atoms. The van der Waals surface area contributed by atoms with Crippen LogP contribution in [0.1, 0.15) is 37.3 Å². The fraction of sp³-hybridized carbons (Fsp3) is 0.385. The van der Waals surface area contributed by atoms with Crippen molar-refractivity contribution in [3.63, 3.8) is 0 Å². The summed E-state index contributed by atoms with van der Waals surface area (Å²) in [5, 5.41) is 13.7. The lowest BCUT2D eigenvalue weighted by atomic mass is 10.1. The van der Waals surface area contributed by atoms with Gasteiger partial charge < -0.3 is 9.63 Å². The molecule has 96 valence electrons. The van der Waals surface area contributed by atoms with Crippen LogP contribution in [0.5, 0.6) is 0 Å². The number of hydrogen-bond acceptors (Lipinski definition) is 4. The van der Waals surface area contributed by atoms with E-state index in [1.807, 2.05) is 32.0 Å². The lowest BCUT2D eigenvalue weighted by Crippen LogP contribution is -1.99. The van der Waals surface area contributed by atoms with E-state index in [0.717, 1.165) is 15.6 Å². The minimum atomic E-state index is -0.644. The minimum Gasteiger partial charge on any atom is -0.385 e. The number of nitrogens with zero attached hydrogens (tertiary/aromatic N) is 2. The molecule has 0 saturated heterocycles. The standard InChI is InChI=1S/C13H15IN2O2/c1-3-5-10(17)12-15-13(18-16-12)9-7-4-6-8(2)11(9)14/h4,6-7,10,17H,3,5H2,1-2H3. The highest BCUT2D eigenvalue weighted by Gasteiger charge is 2.17. The van der Waals surface area contributed by atoms with Crippen LogP contribution in [0.3, 0.4) is 0 Å². The van der Waals surface area contributed by atoms with Crippen LogP contribution in [0.25, 0.3) is 11.5 Å². The van der Waals surface area contributed by atoms with E-state index in [1.165, 1.54) is 5.56 Å². The van der Waals surface area contributed by atoms with Gasteiger partial charge in [-0.15, -0.1) is 0 Å². The molecule has 0 aliphatic heterocycles. The molecule has 1 N–H and O–H groups in total. The number of aliphatic hydroxyl groups excluding tert-OH is 1. The summed E-state index contributed by atoms with van der Waals surface area (Å²) in [7, 11) is 0. The maximum atomic E-state index is 9.82. The molecule has 5 heteroatoms. The maximum Gasteiger partial charge on any atom is 0.259 e. The molecule has 1 aromatic heterocycles. The van der Waals surface area contributed by atoms with Gasteiger partial charge in [0.2, 0.25) is 5.82 Å². The summed E-state index contributed by atoms with van der Waals surface area (Å²) >= 11 is 2.26. The Kier molecular flexibility index (Phi) is 4.34. The van der Waals surface area contributed by atoms with Gasteiger partial charge in [0.05, 0.1) is 5.56 Å². The first-order chi connectivity index (χ1) is 8.63. The summed E-state index contributed by atoms with van der Waals surface area (Å²) in [4.78, 5) is 4.27. The largest absolute Gasteiger partial charge is 0.385 e. The van der Waals surface area contributed by atoms with E-state index in [4.69, 9.17) is 4.52 Å². The number of hydrogen-bond donors (Lipinski definition) is 1. The van der Waals surface area contributed by atoms with E-state index in [-0.39, 0.29) is 0 Å². The second-order valence-electron chi connectivity index (χ2n) is 4.20. The molecular formula is C13H15IN2O2. The predicted molar refractivity (Wildman–Crippen MR) is 77.1 cm³/mol. The number of aryl methyl sites for hydroxylation is 1. The maximum absolute atomic E-state index is 9.82. The Hall–Kier alpha value is -0.950. The zero-order valence-corrected chi connectivity index (χ0v) is 12.5. The van der Waals surface area contributed by atoms with Gasteiger partial charge in [-0.3, -0.25) is 0 Å². The van der Waals surface area contributed by atoms with E-state index in [1.54, 1.807) is 0 Å². The number of aliphatic hydroxyl groups is 1. The second-order valence-corrected chi connectivity index (χ2v) is 5.28. The lowest BCUT2D eigenvalue weighted by molar-refractivity contribution is 0.153. The van der Waals surface area contributed by atoms with E-state index in [9.17, 15) is 5.11 Å². The third-order valence-corrected chi connectivity index (χ3v) is 4.16. The van der Waals surface area contributed by atoms with Gasteiger partial charge in [-0.2, -0.15) is 4.98 Å². The van der Waals surface area contributed by atoms with Gasteiger partial charge in [0.15, 0.2) is 0 Å². The molecule has 0 radical (unpaired) electrons. The fourth-order valence-corrected chi connectivity index (χ4v) is 2.29. The van der Waals surface area contributed by atoms with E-state index < -0.39 is 6.10 Å². The zero-order valence-electron chi connectivity index (χ0n) is 10.4. The highest BCUT2D eigenvalue weighted by atomic mass is 127. The summed E-state index contributed by atoms with van der Waals surface area (Å²) < 4.78 is 6.32. The molecule has 0 aliphatic carbocycles. The highest BCUT2D eigenvalue weighted by Crippen LogP contribution is 2.27. The van der Waals surface area contributed by atoms with Crippen LogP contribution < -0.4 is 0 Å². The quantitative estimate of drug-likeness (QED) is 0.851. The third-order valence-electron chi connectivity index (χ3n) is 2.72. The van der Waals surface area contributed by atoms with Gasteiger partial charge in [-0.25, -0.2) is 0 Å². The predicted octanol–water partition coefficient (Wildman–Crippen LogP) is 3.48. The first-order valence-electron chi connectivity index (χ1n) is 5.90. The van der Waals surface area contributed by atoms with Gasteiger partial charge >= 0.3 is 0 Å². The van der Waals surface area contributed by atoms with Crippen molar-refractivity contribution in [2.75, 3.05) is 0 Å². The Morgan fingerprint density at radius 3 is 2.94 bits per heavy atom. The monoisotopic (exact) mass is 358 g/mol. The summed E-state index contributed by atoms with van der Waals surface area (Å²) in [6.45, 7) is 4.04. The molecule has 1 unspecified atom stereocenters. The van der Waals surface area contributed by atoms with E-state index in [2.05, 4.69) is 32.7 Å². The van der Waals surface area contributed by atoms with Crippen molar-refractivity contribution in [1.29, 1.82) is 0 Å². The van der Waals surface area contributed by atoms with Crippen LogP contribution in [0.15, 0.2) is 22.7 Å². The highest BCUT2D eigenvalue weighted by molar-refractivity contribution is 14.1. The molecule has 0 fully saturated rings. The molecule has 0 amide bonds. The molecule has 2 aromatic rings. The Balaban J connectivity index is 2.32. The number of halogens is 1.